The van der Waals surface area contributed by atoms with Crippen molar-refractivity contribution in [2.24, 2.45) is 11.1 Å². The highest BCUT2D eigenvalue weighted by molar-refractivity contribution is 7.99. The highest BCUT2D eigenvalue weighted by atomic mass is 32.2. The van der Waals surface area contributed by atoms with E-state index in [2.05, 4.69) is 10.6 Å². The zero-order valence-corrected chi connectivity index (χ0v) is 15.7. The minimum absolute atomic E-state index is 0.0495. The molecule has 1 aliphatic heterocycles. The van der Waals surface area contributed by atoms with Gasteiger partial charge in [-0.25, -0.2) is 13.6 Å². The van der Waals surface area contributed by atoms with Crippen LogP contribution in [0.25, 0.3) is 0 Å². The summed E-state index contributed by atoms with van der Waals surface area (Å²) in [6.45, 7) is 3.32. The van der Waals surface area contributed by atoms with Crippen LogP contribution in [0.4, 0.5) is 0 Å². The molecule has 1 aliphatic rings. The molecule has 1 fully saturated rings. The highest BCUT2D eigenvalue weighted by Crippen LogP contribution is 2.15. The van der Waals surface area contributed by atoms with Crippen molar-refractivity contribution in [1.29, 1.82) is 0 Å². The van der Waals surface area contributed by atoms with Gasteiger partial charge >= 0.3 is 0 Å². The van der Waals surface area contributed by atoms with Crippen molar-refractivity contribution in [2.75, 3.05) is 37.7 Å². The number of amides is 1. The molecule has 9 heteroatoms. The Labute approximate surface area is 153 Å². The minimum atomic E-state index is -3.68. The summed E-state index contributed by atoms with van der Waals surface area (Å²) in [4.78, 5) is 11.8. The minimum Gasteiger partial charge on any atom is -0.493 e. The molecule has 1 aromatic carbocycles. The van der Waals surface area contributed by atoms with Crippen molar-refractivity contribution in [1.82, 2.24) is 10.6 Å². The first-order valence-electron chi connectivity index (χ1n) is 8.26. The Kier molecular flexibility index (Phi) is 8.01. The van der Waals surface area contributed by atoms with E-state index in [1.807, 2.05) is 0 Å². The predicted molar refractivity (Wildman–Crippen MR) is 99.2 cm³/mol. The maximum atomic E-state index is 11.7. The molecule has 1 unspecified atom stereocenters. The normalized spacial score (nSPS) is 17.4. The molecule has 0 radical (unpaired) electrons. The molecular formula is C16H25N3O4S2. The second-order valence-electron chi connectivity index (χ2n) is 5.91. The third-order valence-electron chi connectivity index (χ3n) is 3.92. The van der Waals surface area contributed by atoms with Crippen LogP contribution in [0.5, 0.6) is 5.75 Å². The van der Waals surface area contributed by atoms with E-state index in [9.17, 15) is 13.2 Å². The van der Waals surface area contributed by atoms with E-state index < -0.39 is 10.0 Å². The van der Waals surface area contributed by atoms with Crippen LogP contribution in [0.1, 0.15) is 12.8 Å². The lowest BCUT2D eigenvalue weighted by Gasteiger charge is -2.09. The molecule has 2 rings (SSSR count). The van der Waals surface area contributed by atoms with Crippen LogP contribution in [-0.2, 0) is 14.8 Å². The molecule has 0 bridgehead atoms. The zero-order chi connectivity index (χ0) is 18.1. The largest absolute Gasteiger partial charge is 0.493 e. The summed E-state index contributed by atoms with van der Waals surface area (Å²) in [7, 11) is -3.68. The first-order valence-corrected chi connectivity index (χ1v) is 11.0. The third-order valence-corrected chi connectivity index (χ3v) is 5.77. The number of carbonyl (C=O) groups is 1. The SMILES string of the molecule is NS(=O)(=O)c1ccc(OCCSCC(=O)NCCC2CCNC2)cc1. The third kappa shape index (κ3) is 7.64. The van der Waals surface area contributed by atoms with Gasteiger partial charge in [0.15, 0.2) is 0 Å². The summed E-state index contributed by atoms with van der Waals surface area (Å²) < 4.78 is 27.8. The average Bonchev–Trinajstić information content (AvgIpc) is 3.07. The lowest BCUT2D eigenvalue weighted by molar-refractivity contribution is -0.118. The van der Waals surface area contributed by atoms with E-state index in [0.717, 1.165) is 26.1 Å². The average molecular weight is 388 g/mol. The second kappa shape index (κ2) is 10.0. The Morgan fingerprint density at radius 2 is 2.12 bits per heavy atom. The maximum absolute atomic E-state index is 11.7. The Hall–Kier alpha value is -1.29. The summed E-state index contributed by atoms with van der Waals surface area (Å²) in [5, 5.41) is 11.3. The van der Waals surface area contributed by atoms with Crippen LogP contribution in [0, 0.1) is 5.92 Å². The smallest absolute Gasteiger partial charge is 0.238 e. The van der Waals surface area contributed by atoms with Crippen molar-refractivity contribution < 1.29 is 17.9 Å². The number of benzene rings is 1. The fourth-order valence-corrected chi connectivity index (χ4v) is 3.68. The van der Waals surface area contributed by atoms with Crippen molar-refractivity contribution >= 4 is 27.7 Å². The molecule has 140 valence electrons. The van der Waals surface area contributed by atoms with Crippen LogP contribution in [0.15, 0.2) is 29.2 Å². The molecule has 0 aromatic heterocycles. The number of carbonyl (C=O) groups excluding carboxylic acids is 1. The van der Waals surface area contributed by atoms with E-state index >= 15 is 0 Å². The summed E-state index contributed by atoms with van der Waals surface area (Å²) in [6, 6.07) is 5.94. The van der Waals surface area contributed by atoms with Gasteiger partial charge in [-0.2, -0.15) is 0 Å². The molecule has 1 amide bonds. The van der Waals surface area contributed by atoms with Gasteiger partial charge in [0.05, 0.1) is 17.3 Å². The van der Waals surface area contributed by atoms with Crippen molar-refractivity contribution in [3.8, 4) is 5.75 Å². The molecule has 7 nitrogen and oxygen atoms in total. The van der Waals surface area contributed by atoms with Gasteiger partial charge in [-0.15, -0.1) is 11.8 Å². The Morgan fingerprint density at radius 3 is 2.76 bits per heavy atom. The number of hydrogen-bond donors (Lipinski definition) is 3. The first kappa shape index (κ1) is 20.0. The number of primary sulfonamides is 1. The monoisotopic (exact) mass is 387 g/mol. The summed E-state index contributed by atoms with van der Waals surface area (Å²) in [6.07, 6.45) is 2.22. The Morgan fingerprint density at radius 1 is 1.36 bits per heavy atom. The molecule has 1 saturated heterocycles. The van der Waals surface area contributed by atoms with E-state index in [0.29, 0.717) is 29.8 Å². The van der Waals surface area contributed by atoms with Gasteiger partial charge in [0.1, 0.15) is 5.75 Å². The number of nitrogens with one attached hydrogen (secondary N) is 2. The molecule has 25 heavy (non-hydrogen) atoms. The Balaban J connectivity index is 1.53. The second-order valence-corrected chi connectivity index (χ2v) is 8.58. The first-order chi connectivity index (χ1) is 11.9. The van der Waals surface area contributed by atoms with Gasteiger partial charge in [-0.3, -0.25) is 4.79 Å². The summed E-state index contributed by atoms with van der Waals surface area (Å²) in [5.74, 6) is 2.39. The van der Waals surface area contributed by atoms with E-state index in [4.69, 9.17) is 9.88 Å². The molecule has 4 N–H and O–H groups in total. The van der Waals surface area contributed by atoms with Crippen LogP contribution in [0.3, 0.4) is 0 Å². The van der Waals surface area contributed by atoms with Crippen LogP contribution >= 0.6 is 11.8 Å². The lowest BCUT2D eigenvalue weighted by atomic mass is 10.1. The highest BCUT2D eigenvalue weighted by Gasteiger charge is 2.14. The lowest BCUT2D eigenvalue weighted by Crippen LogP contribution is -2.28. The fraction of sp³-hybridized carbons (Fsp3) is 0.562. The zero-order valence-electron chi connectivity index (χ0n) is 14.1. The molecule has 0 saturated carbocycles. The molecule has 0 spiro atoms. The van der Waals surface area contributed by atoms with E-state index in [-0.39, 0.29) is 10.8 Å². The molecular weight excluding hydrogens is 362 g/mol. The Bertz CT molecular complexity index is 644. The van der Waals surface area contributed by atoms with Crippen molar-refractivity contribution in [3.63, 3.8) is 0 Å². The van der Waals surface area contributed by atoms with Crippen LogP contribution < -0.4 is 20.5 Å². The molecule has 1 heterocycles. The number of ether oxygens (including phenoxy) is 1. The van der Waals surface area contributed by atoms with Crippen LogP contribution in [-0.4, -0.2) is 52.1 Å². The number of hydrogen-bond acceptors (Lipinski definition) is 6. The molecule has 1 aromatic rings. The molecule has 1 atom stereocenters. The number of nitrogens with two attached hydrogens (primary N) is 1. The van der Waals surface area contributed by atoms with Gasteiger partial charge in [0.2, 0.25) is 15.9 Å². The fourth-order valence-electron chi connectivity index (χ4n) is 2.54. The van der Waals surface area contributed by atoms with Crippen molar-refractivity contribution in [2.45, 2.75) is 17.7 Å². The van der Waals surface area contributed by atoms with Crippen molar-refractivity contribution in [3.05, 3.63) is 24.3 Å². The maximum Gasteiger partial charge on any atom is 0.238 e. The van der Waals surface area contributed by atoms with Gasteiger partial charge in [0.25, 0.3) is 0 Å². The summed E-state index contributed by atoms with van der Waals surface area (Å²) in [5.41, 5.74) is 0. The standard InChI is InChI=1S/C16H25N3O4S2/c17-25(21,22)15-3-1-14(2-4-15)23-9-10-24-12-16(20)19-8-6-13-5-7-18-11-13/h1-4,13,18H,5-12H2,(H,19,20)(H2,17,21,22). The van der Waals surface area contributed by atoms with Crippen LogP contribution in [0.2, 0.25) is 0 Å². The summed E-state index contributed by atoms with van der Waals surface area (Å²) >= 11 is 1.51. The van der Waals surface area contributed by atoms with Gasteiger partial charge in [-0.05, 0) is 56.1 Å². The van der Waals surface area contributed by atoms with E-state index in [1.165, 1.54) is 30.3 Å². The van der Waals surface area contributed by atoms with Gasteiger partial charge in [-0.1, -0.05) is 0 Å². The quantitative estimate of drug-likeness (QED) is 0.506. The van der Waals surface area contributed by atoms with Gasteiger partial charge < -0.3 is 15.4 Å². The van der Waals surface area contributed by atoms with E-state index in [1.54, 1.807) is 12.1 Å². The number of thioether (sulfide) groups is 1. The number of rotatable bonds is 10. The van der Waals surface area contributed by atoms with Gasteiger partial charge in [0, 0.05) is 12.3 Å². The molecule has 0 aliphatic carbocycles. The number of sulfonamides is 1. The predicted octanol–water partition coefficient (Wildman–Crippen LogP) is 0.562. The topological polar surface area (TPSA) is 111 Å².